The van der Waals surface area contributed by atoms with Crippen LogP contribution in [0.5, 0.6) is 0 Å². The van der Waals surface area contributed by atoms with Crippen LogP contribution in [0.15, 0.2) is 35.2 Å². The Morgan fingerprint density at radius 2 is 1.83 bits per heavy atom. The van der Waals surface area contributed by atoms with Crippen LogP contribution >= 0.6 is 11.8 Å². The van der Waals surface area contributed by atoms with E-state index in [-0.39, 0.29) is 5.91 Å². The van der Waals surface area contributed by atoms with Gasteiger partial charge in [-0.3, -0.25) is 9.59 Å². The molecule has 1 atom stereocenters. The number of hydrogen-bond acceptors (Lipinski definition) is 3. The maximum absolute atomic E-state index is 13.2. The summed E-state index contributed by atoms with van der Waals surface area (Å²) in [4.78, 5) is 27.4. The summed E-state index contributed by atoms with van der Waals surface area (Å²) >= 11 is 1.67. The van der Waals surface area contributed by atoms with E-state index in [1.54, 1.807) is 11.8 Å². The predicted molar refractivity (Wildman–Crippen MR) is 90.4 cm³/mol. The molecule has 0 unspecified atom stereocenters. The van der Waals surface area contributed by atoms with Gasteiger partial charge in [-0.25, -0.2) is 0 Å². The van der Waals surface area contributed by atoms with Crippen molar-refractivity contribution in [1.82, 2.24) is 4.90 Å². The molecule has 0 bridgehead atoms. The molecule has 1 aromatic rings. The molecule has 1 heterocycles. The summed E-state index contributed by atoms with van der Waals surface area (Å²) in [5.74, 6) is -1.04. The quantitative estimate of drug-likeness (QED) is 0.917. The first-order valence-electron chi connectivity index (χ1n) is 8.37. The van der Waals surface area contributed by atoms with Gasteiger partial charge in [0.1, 0.15) is 0 Å². The highest BCUT2D eigenvalue weighted by Gasteiger charge is 2.45. The fourth-order valence-corrected chi connectivity index (χ4v) is 5.12. The van der Waals surface area contributed by atoms with Gasteiger partial charge in [-0.2, -0.15) is 0 Å². The highest BCUT2D eigenvalue weighted by atomic mass is 32.2. The van der Waals surface area contributed by atoms with Crippen molar-refractivity contribution in [1.29, 1.82) is 0 Å². The number of aliphatic carboxylic acids is 1. The monoisotopic (exact) mass is 333 g/mol. The number of amides is 1. The lowest BCUT2D eigenvalue weighted by Gasteiger charge is -2.37. The summed E-state index contributed by atoms with van der Waals surface area (Å²) in [6.45, 7) is 1.06. The van der Waals surface area contributed by atoms with E-state index in [9.17, 15) is 14.7 Å². The molecule has 2 fully saturated rings. The van der Waals surface area contributed by atoms with Crippen molar-refractivity contribution in [2.24, 2.45) is 5.92 Å². The van der Waals surface area contributed by atoms with E-state index in [1.165, 1.54) is 0 Å². The van der Waals surface area contributed by atoms with Crippen LogP contribution in [0.2, 0.25) is 0 Å². The van der Waals surface area contributed by atoms with E-state index < -0.39 is 16.6 Å². The molecule has 1 N–H and O–H groups in total. The van der Waals surface area contributed by atoms with Gasteiger partial charge >= 0.3 is 5.97 Å². The van der Waals surface area contributed by atoms with Gasteiger partial charge in [0, 0.05) is 18.0 Å². The first-order valence-corrected chi connectivity index (χ1v) is 9.19. The molecule has 4 nitrogen and oxygen atoms in total. The molecule has 1 aliphatic carbocycles. The van der Waals surface area contributed by atoms with Crippen molar-refractivity contribution < 1.29 is 14.7 Å². The molecular weight excluding hydrogens is 310 g/mol. The molecule has 0 radical (unpaired) electrons. The first kappa shape index (κ1) is 16.4. The number of nitrogens with zero attached hydrogens (tertiary/aromatic N) is 1. The van der Waals surface area contributed by atoms with E-state index in [2.05, 4.69) is 0 Å². The number of carbonyl (C=O) groups is 2. The van der Waals surface area contributed by atoms with Crippen molar-refractivity contribution in [3.63, 3.8) is 0 Å². The summed E-state index contributed by atoms with van der Waals surface area (Å²) in [7, 11) is 0. The van der Waals surface area contributed by atoms with Gasteiger partial charge < -0.3 is 10.0 Å². The summed E-state index contributed by atoms with van der Waals surface area (Å²) in [6, 6.07) is 10.1. The molecular formula is C18H23NO3S. The van der Waals surface area contributed by atoms with Gasteiger partial charge in [0.15, 0.2) is 0 Å². The predicted octanol–water partition coefficient (Wildman–Crippen LogP) is 3.41. The number of piperidine rings is 1. The SMILES string of the molecule is O=C(O)[C@H]1CCCN(C(=O)C2(Sc3ccccc3)CCCC2)C1. The third kappa shape index (κ3) is 3.55. The van der Waals surface area contributed by atoms with Crippen molar-refractivity contribution in [3.8, 4) is 0 Å². The minimum absolute atomic E-state index is 0.148. The number of thioether (sulfide) groups is 1. The Balaban J connectivity index is 1.77. The van der Waals surface area contributed by atoms with Gasteiger partial charge in [-0.1, -0.05) is 31.0 Å². The number of carboxylic acid groups (broad SMARTS) is 1. The Labute approximate surface area is 141 Å². The Morgan fingerprint density at radius 1 is 1.13 bits per heavy atom. The Kier molecular flexibility index (Phi) is 4.95. The number of benzene rings is 1. The fourth-order valence-electron chi connectivity index (χ4n) is 3.67. The topological polar surface area (TPSA) is 57.6 Å². The second kappa shape index (κ2) is 6.95. The average Bonchev–Trinajstić information content (AvgIpc) is 3.05. The smallest absolute Gasteiger partial charge is 0.308 e. The molecule has 1 saturated heterocycles. The summed E-state index contributed by atoms with van der Waals surface area (Å²) in [5.41, 5.74) is 0. The molecule has 1 saturated carbocycles. The van der Waals surface area contributed by atoms with Crippen molar-refractivity contribution in [2.75, 3.05) is 13.1 Å². The fraction of sp³-hybridized carbons (Fsp3) is 0.556. The second-order valence-corrected chi connectivity index (χ2v) is 8.00. The van der Waals surface area contributed by atoms with Crippen LogP contribution in [0.4, 0.5) is 0 Å². The number of carboxylic acids is 1. The number of carbonyl (C=O) groups excluding carboxylic acids is 1. The van der Waals surface area contributed by atoms with E-state index in [4.69, 9.17) is 0 Å². The van der Waals surface area contributed by atoms with Gasteiger partial charge in [-0.05, 0) is 37.8 Å². The summed E-state index contributed by atoms with van der Waals surface area (Å²) in [5, 5.41) is 9.26. The van der Waals surface area contributed by atoms with Gasteiger partial charge in [0.05, 0.1) is 10.7 Å². The lowest BCUT2D eigenvalue weighted by molar-refractivity contribution is -0.146. The van der Waals surface area contributed by atoms with Gasteiger partial charge in [0.25, 0.3) is 0 Å². The minimum Gasteiger partial charge on any atom is -0.481 e. The Morgan fingerprint density at radius 3 is 2.48 bits per heavy atom. The number of hydrogen-bond donors (Lipinski definition) is 1. The molecule has 2 aliphatic rings. The maximum Gasteiger partial charge on any atom is 0.308 e. The molecule has 124 valence electrons. The molecule has 23 heavy (non-hydrogen) atoms. The van der Waals surface area contributed by atoms with Crippen molar-refractivity contribution in [2.45, 2.75) is 48.2 Å². The molecule has 3 rings (SSSR count). The largest absolute Gasteiger partial charge is 0.481 e. The van der Waals surface area contributed by atoms with Crippen molar-refractivity contribution in [3.05, 3.63) is 30.3 Å². The normalized spacial score (nSPS) is 23.7. The van der Waals surface area contributed by atoms with Gasteiger partial charge in [0.2, 0.25) is 5.91 Å². The van der Waals surface area contributed by atoms with Crippen LogP contribution in [0.3, 0.4) is 0 Å². The third-order valence-corrected chi connectivity index (χ3v) is 6.40. The van der Waals surface area contributed by atoms with Crippen molar-refractivity contribution >= 4 is 23.6 Å². The third-order valence-electron chi connectivity index (χ3n) is 4.92. The number of rotatable bonds is 4. The highest BCUT2D eigenvalue weighted by molar-refractivity contribution is 8.01. The van der Waals surface area contributed by atoms with Crippen LogP contribution in [0.1, 0.15) is 38.5 Å². The van der Waals surface area contributed by atoms with E-state index in [1.807, 2.05) is 35.2 Å². The van der Waals surface area contributed by atoms with E-state index >= 15 is 0 Å². The Hall–Kier alpha value is -1.49. The molecule has 1 aromatic carbocycles. The zero-order chi connectivity index (χ0) is 16.3. The maximum atomic E-state index is 13.2. The van der Waals surface area contributed by atoms with Crippen LogP contribution in [-0.4, -0.2) is 39.7 Å². The first-order chi connectivity index (χ1) is 11.1. The molecule has 0 spiro atoms. The van der Waals surface area contributed by atoms with E-state index in [0.29, 0.717) is 19.5 Å². The number of likely N-dealkylation sites (tertiary alicyclic amines) is 1. The molecule has 0 aromatic heterocycles. The Bertz CT molecular complexity index is 569. The van der Waals surface area contributed by atoms with Crippen LogP contribution in [0, 0.1) is 5.92 Å². The lowest BCUT2D eigenvalue weighted by Crippen LogP contribution is -2.50. The van der Waals surface area contributed by atoms with Crippen LogP contribution < -0.4 is 0 Å². The molecule has 1 aliphatic heterocycles. The van der Waals surface area contributed by atoms with E-state index in [0.717, 1.165) is 37.0 Å². The van der Waals surface area contributed by atoms with Crippen LogP contribution in [0.25, 0.3) is 0 Å². The second-order valence-electron chi connectivity index (χ2n) is 6.55. The van der Waals surface area contributed by atoms with Gasteiger partial charge in [-0.15, -0.1) is 11.8 Å². The summed E-state index contributed by atoms with van der Waals surface area (Å²) in [6.07, 6.45) is 5.38. The lowest BCUT2D eigenvalue weighted by atomic mass is 9.96. The highest BCUT2D eigenvalue weighted by Crippen LogP contribution is 2.46. The average molecular weight is 333 g/mol. The zero-order valence-electron chi connectivity index (χ0n) is 13.2. The standard InChI is InChI=1S/C18H23NO3S/c20-16(21)14-7-6-12-19(13-14)17(22)18(10-4-5-11-18)23-15-8-2-1-3-9-15/h1-3,8-9,14H,4-7,10-13H2,(H,20,21)/t14-/m0/s1. The molecule has 5 heteroatoms. The molecule has 1 amide bonds. The summed E-state index contributed by atoms with van der Waals surface area (Å²) < 4.78 is -0.401. The minimum atomic E-state index is -0.779. The zero-order valence-corrected chi connectivity index (χ0v) is 14.1. The van der Waals surface area contributed by atoms with Crippen LogP contribution in [-0.2, 0) is 9.59 Å².